The summed E-state index contributed by atoms with van der Waals surface area (Å²) in [5.41, 5.74) is 3.04. The van der Waals surface area contributed by atoms with E-state index in [1.165, 1.54) is 116 Å². The average Bonchev–Trinajstić information content (AvgIpc) is 0.780. The van der Waals surface area contributed by atoms with Gasteiger partial charge in [0.1, 0.15) is 163 Å². The van der Waals surface area contributed by atoms with Crippen molar-refractivity contribution in [2.24, 2.45) is 5.73 Å². The first-order valence-corrected chi connectivity index (χ1v) is 43.4. The van der Waals surface area contributed by atoms with Gasteiger partial charge in [0.25, 0.3) is 0 Å². The fraction of sp³-hybridized carbons (Fsp3) is 0.479. The SMILES string of the molecule is CC.CC(=O)CC[C@@H](NC(=O)OC(C)(C)C)C(=O)N[C@H](CCC(C)=O)C(=O)Oc1ccc(-c2coc3cc(O)cc(O)c3c2=O)cc1.CC(=O)CC[C@@H](NC(=O)[C@@H](CCC(C)=O)NC(=O)OC(C)(C)C)C(=O)O.COC(=O)[C@@H](CCC(C)=O)NC(=O)[C@@H](CCC(C)=O)NC(=O)OC(C)(C)C.N[C@H](CCC(=O)O)C(=O)N[C@H](CCC(=O)O)C(=O)Oc1ccc(-c2coc3cc(O)cc(O)c3c2=O)cc1. The number of methoxy groups -OCH3 is 1. The quantitative estimate of drug-likeness (QED) is 0.00966. The Bertz CT molecular complexity index is 5450. The van der Waals surface area contributed by atoms with E-state index in [1.807, 2.05) is 13.8 Å². The van der Waals surface area contributed by atoms with Crippen LogP contribution in [0.15, 0.2) is 104 Å². The number of nitrogens with one attached hydrogen (secondary N) is 7. The number of aromatic hydroxyl groups is 4. The van der Waals surface area contributed by atoms with Crippen molar-refractivity contribution in [1.29, 1.82) is 0 Å². The number of hydrogen-bond donors (Lipinski definition) is 15. The number of rotatable bonds is 43. The van der Waals surface area contributed by atoms with Crippen LogP contribution in [0.4, 0.5) is 14.4 Å². The van der Waals surface area contributed by atoms with E-state index < -0.39 is 172 Å². The predicted molar refractivity (Wildman–Crippen MR) is 493 cm³/mol. The number of fused-ring (bicyclic) bond motifs is 2. The minimum Gasteiger partial charge on any atom is -0.508 e. The Morgan fingerprint density at radius 1 is 0.355 bits per heavy atom. The second-order valence-electron chi connectivity index (χ2n) is 34.1. The van der Waals surface area contributed by atoms with Crippen LogP contribution in [0.25, 0.3) is 44.2 Å². The van der Waals surface area contributed by atoms with E-state index in [9.17, 15) is 126 Å². The maximum atomic E-state index is 13.2. The lowest BCUT2D eigenvalue weighted by molar-refractivity contribution is -0.145. The number of ether oxygens (including phenoxy) is 6. The zero-order chi connectivity index (χ0) is 105. The van der Waals surface area contributed by atoms with Crippen molar-refractivity contribution >= 4 is 134 Å². The minimum atomic E-state index is -1.37. The second kappa shape index (κ2) is 57.0. The molecule has 0 unspecified atom stereocenters. The van der Waals surface area contributed by atoms with Gasteiger partial charge < -0.3 is 145 Å². The van der Waals surface area contributed by atoms with Crippen molar-refractivity contribution in [3.8, 4) is 56.8 Å². The Balaban J connectivity index is 0.000000635. The molecule has 0 saturated heterocycles. The van der Waals surface area contributed by atoms with Crippen molar-refractivity contribution in [2.75, 3.05) is 7.11 Å². The third-order valence-corrected chi connectivity index (χ3v) is 18.5. The van der Waals surface area contributed by atoms with Crippen LogP contribution in [-0.4, -0.2) is 220 Å². The molecule has 2 aromatic heterocycles. The van der Waals surface area contributed by atoms with Gasteiger partial charge in [-0.05, 0) is 191 Å². The molecule has 138 heavy (non-hydrogen) atoms. The third-order valence-electron chi connectivity index (χ3n) is 18.5. The molecule has 0 aliphatic rings. The molecule has 4 aromatic carbocycles. The van der Waals surface area contributed by atoms with Gasteiger partial charge in [0, 0.05) is 75.6 Å². The van der Waals surface area contributed by atoms with E-state index in [4.69, 9.17) is 48.5 Å². The Morgan fingerprint density at radius 3 is 0.891 bits per heavy atom. The molecule has 0 radical (unpaired) electrons. The molecule has 0 bridgehead atoms. The van der Waals surface area contributed by atoms with Gasteiger partial charge >= 0.3 is 54.1 Å². The van der Waals surface area contributed by atoms with Crippen LogP contribution in [0, 0.1) is 0 Å². The zero-order valence-corrected chi connectivity index (χ0v) is 80.1. The summed E-state index contributed by atoms with van der Waals surface area (Å²) < 4.78 is 41.6. The van der Waals surface area contributed by atoms with E-state index >= 15 is 0 Å². The first-order chi connectivity index (χ1) is 64.2. The number of carboxylic acid groups (broad SMARTS) is 3. The van der Waals surface area contributed by atoms with Crippen molar-refractivity contribution in [3.63, 3.8) is 0 Å². The molecule has 7 amide bonds. The molecule has 6 rings (SSSR count). The molecule has 6 aromatic rings. The number of aliphatic carboxylic acids is 3. The molecule has 44 nitrogen and oxygen atoms in total. The molecule has 0 aliphatic carbocycles. The Labute approximate surface area is 793 Å². The number of nitrogens with two attached hydrogens (primary N) is 1. The molecule has 16 N–H and O–H groups in total. The lowest BCUT2D eigenvalue weighted by atomic mass is 10.0. The number of esters is 3. The summed E-state index contributed by atoms with van der Waals surface area (Å²) >= 11 is 0. The predicted octanol–water partition coefficient (Wildman–Crippen LogP) is 8.70. The molecule has 8 atom stereocenters. The van der Waals surface area contributed by atoms with Gasteiger partial charge in [0.05, 0.1) is 24.3 Å². The van der Waals surface area contributed by atoms with Crippen LogP contribution in [0.1, 0.15) is 220 Å². The largest absolute Gasteiger partial charge is 0.508 e. The first-order valence-electron chi connectivity index (χ1n) is 43.4. The Hall–Kier alpha value is -15.0. The topological polar surface area (TPSA) is 692 Å². The summed E-state index contributed by atoms with van der Waals surface area (Å²) in [6, 6.07) is 6.10. The van der Waals surface area contributed by atoms with Crippen LogP contribution >= 0.6 is 0 Å². The Kier molecular flexibility index (Phi) is 49.2. The van der Waals surface area contributed by atoms with Crippen molar-refractivity contribution < 1.29 is 164 Å². The van der Waals surface area contributed by atoms with Crippen LogP contribution in [0.2, 0.25) is 0 Å². The summed E-state index contributed by atoms with van der Waals surface area (Å²) in [6.07, 6.45) is -1.59. The number of benzene rings is 4. The third kappa shape index (κ3) is 45.3. The number of amides is 7. The number of alkyl carbamates (subject to hydrolysis) is 3. The Morgan fingerprint density at radius 2 is 0.616 bits per heavy atom. The number of phenolic OH excluding ortho intramolecular Hbond substituents is 4. The van der Waals surface area contributed by atoms with Crippen LogP contribution < -0.4 is 63.3 Å². The average molecular weight is 1940 g/mol. The lowest BCUT2D eigenvalue weighted by Crippen LogP contribution is -2.53. The highest BCUT2D eigenvalue weighted by Gasteiger charge is 2.35. The van der Waals surface area contributed by atoms with Crippen LogP contribution in [-0.2, 0) is 95.7 Å². The first kappa shape index (κ1) is 119. The van der Waals surface area contributed by atoms with Gasteiger partial charge in [0.2, 0.25) is 34.5 Å². The van der Waals surface area contributed by atoms with E-state index in [0.717, 1.165) is 18.4 Å². The van der Waals surface area contributed by atoms with Crippen molar-refractivity contribution in [1.82, 2.24) is 37.2 Å². The molecular formula is C94H124N8O36. The summed E-state index contributed by atoms with van der Waals surface area (Å²) in [6.45, 7) is 27.0. The highest BCUT2D eigenvalue weighted by Crippen LogP contribution is 2.33. The maximum Gasteiger partial charge on any atom is 0.408 e. The van der Waals surface area contributed by atoms with Crippen molar-refractivity contribution in [2.45, 2.75) is 286 Å². The second-order valence-corrected chi connectivity index (χ2v) is 34.1. The van der Waals surface area contributed by atoms with Gasteiger partial charge in [-0.3, -0.25) is 38.4 Å². The van der Waals surface area contributed by atoms with Gasteiger partial charge in [0.15, 0.2) is 0 Å². The van der Waals surface area contributed by atoms with E-state index in [1.54, 1.807) is 62.3 Å². The number of ketones is 6. The van der Waals surface area contributed by atoms with Crippen molar-refractivity contribution in [3.05, 3.63) is 106 Å². The summed E-state index contributed by atoms with van der Waals surface area (Å²) in [7, 11) is 1.17. The number of hydrogen-bond acceptors (Lipinski definition) is 34. The molecule has 0 fully saturated rings. The molecule has 756 valence electrons. The normalized spacial score (nSPS) is 12.6. The highest BCUT2D eigenvalue weighted by molar-refractivity contribution is 5.95. The summed E-state index contributed by atoms with van der Waals surface area (Å²) in [5, 5.41) is 82.8. The van der Waals surface area contributed by atoms with E-state index in [2.05, 4.69) is 42.0 Å². The number of Topliss-reactive ketones (excluding diaryl/α,β-unsaturated/α-hetero) is 6. The lowest BCUT2D eigenvalue weighted by Gasteiger charge is -2.25. The standard InChI is InChI=1S/C32H36N2O11.C25H24N2O11.C18H30N2O7.C17H28N2O7.C2H6/c1-17(35)6-12-23(34-31(42)45-32(3,4)5)29(40)33-24(13-7-18(2)36)30(41)44-21-10-8-19(9-11-21)22-16-43-26-15-20(37)14-25(38)27(26)28(22)39;26-16(5-7-20(30)31)24(35)27-17(6-8-21(32)33)25(36)38-14-3-1-12(2-4-14)15-11-37-19-10-13(28)9-18(29)22(19)23(15)34;1-11(21)7-9-13(20-17(25)27-18(3,4)5)15(23)19-14(16(24)26-6)10-8-12(2)22;1-10(20)6-8-12(19-16(25)26-17(3,4)5)14(22)18-13(15(23)24)9-7-11(2)21;1-2/h8-11,14-16,23-24,37-38H,6-7,12-13H2,1-5H3,(H,33,40)(H,34,42);1-4,9-11,16-17,28-29H,5-8,26H2,(H,27,35)(H,30,31)(H,32,33);13-14H,7-10H2,1-6H3,(H,19,23)(H,20,25);12-13H,6-9H2,1-5H3,(H,18,22)(H,19,25)(H,23,24);1-2H3/t23-,24-;16-,17-;13-,14-;12-,13-;/m1111./s1. The molecule has 0 saturated carbocycles. The van der Waals surface area contributed by atoms with Crippen LogP contribution in [0.5, 0.6) is 34.5 Å². The number of carbonyl (C=O) groups is 19. The van der Waals surface area contributed by atoms with E-state index in [0.29, 0.717) is 11.1 Å². The highest BCUT2D eigenvalue weighted by atomic mass is 16.6. The summed E-state index contributed by atoms with van der Waals surface area (Å²) in [4.78, 5) is 251. The molecular weight excluding hydrogens is 1820 g/mol. The molecule has 2 heterocycles. The number of phenols is 4. The van der Waals surface area contributed by atoms with Gasteiger partial charge in [-0.15, -0.1) is 0 Å². The molecule has 0 aliphatic heterocycles. The van der Waals surface area contributed by atoms with Gasteiger partial charge in [-0.25, -0.2) is 33.6 Å². The fourth-order valence-corrected chi connectivity index (χ4v) is 11.8. The van der Waals surface area contributed by atoms with Crippen LogP contribution in [0.3, 0.4) is 0 Å². The smallest absolute Gasteiger partial charge is 0.408 e. The fourth-order valence-electron chi connectivity index (χ4n) is 11.8. The maximum absolute atomic E-state index is 13.2. The van der Waals surface area contributed by atoms with Gasteiger partial charge in [-0.1, -0.05) is 38.1 Å². The molecule has 0 spiro atoms. The monoisotopic (exact) mass is 1940 g/mol. The number of carbonyl (C=O) groups excluding carboxylic acids is 16. The van der Waals surface area contributed by atoms with Gasteiger partial charge in [-0.2, -0.15) is 0 Å². The number of carboxylic acids is 3. The minimum absolute atomic E-state index is 0.000539. The van der Waals surface area contributed by atoms with E-state index in [-0.39, 0.29) is 187 Å². The molecule has 44 heteroatoms. The summed E-state index contributed by atoms with van der Waals surface area (Å²) in [5.74, 6) is -11.8. The zero-order valence-electron chi connectivity index (χ0n) is 80.1.